The van der Waals surface area contributed by atoms with Crippen molar-refractivity contribution in [3.63, 3.8) is 0 Å². The number of halogens is 4. The van der Waals surface area contributed by atoms with Gasteiger partial charge in [-0.2, -0.15) is 13.2 Å². The number of benzene rings is 2. The quantitative estimate of drug-likeness (QED) is 0.330. The lowest BCUT2D eigenvalue weighted by Gasteiger charge is -2.25. The van der Waals surface area contributed by atoms with Crippen molar-refractivity contribution in [3.8, 4) is 5.75 Å². The van der Waals surface area contributed by atoms with Crippen LogP contribution < -0.4 is 10.1 Å². The first kappa shape index (κ1) is 27.3. The van der Waals surface area contributed by atoms with Crippen molar-refractivity contribution in [1.82, 2.24) is 9.88 Å². The number of alkyl halides is 3. The van der Waals surface area contributed by atoms with Crippen LogP contribution in [0, 0.1) is 0 Å². The largest absolute Gasteiger partial charge is 0.488 e. The van der Waals surface area contributed by atoms with E-state index in [1.807, 2.05) is 45.0 Å². The summed E-state index contributed by atoms with van der Waals surface area (Å²) in [6.45, 7) is 6.26. The summed E-state index contributed by atoms with van der Waals surface area (Å²) < 4.78 is 45.3. The number of carbonyl (C=O) groups excluding carboxylic acids is 1. The van der Waals surface area contributed by atoms with Crippen LogP contribution in [0.5, 0.6) is 5.75 Å². The Labute approximate surface area is 214 Å². The van der Waals surface area contributed by atoms with Crippen LogP contribution in [0.25, 0.3) is 0 Å². The second-order valence-electron chi connectivity index (χ2n) is 9.31. The second kappa shape index (κ2) is 11.2. The van der Waals surface area contributed by atoms with Gasteiger partial charge in [0.25, 0.3) is 5.91 Å². The number of nitrogens with zero attached hydrogens (tertiary/aromatic N) is 2. The zero-order valence-corrected chi connectivity index (χ0v) is 21.4. The fourth-order valence-corrected chi connectivity index (χ4v) is 3.75. The minimum atomic E-state index is -4.44. The van der Waals surface area contributed by atoms with E-state index in [0.717, 1.165) is 17.7 Å². The Hall–Kier alpha value is -3.26. The Bertz CT molecular complexity index is 1190. The van der Waals surface area contributed by atoms with Crippen LogP contribution in [0.1, 0.15) is 48.0 Å². The fourth-order valence-electron chi connectivity index (χ4n) is 3.61. The van der Waals surface area contributed by atoms with Gasteiger partial charge in [-0.15, -0.1) is 0 Å². The average Bonchev–Trinajstić information content (AvgIpc) is 2.81. The van der Waals surface area contributed by atoms with Crippen molar-refractivity contribution in [1.29, 1.82) is 0 Å². The number of hydrogen-bond acceptors (Lipinski definition) is 4. The lowest BCUT2D eigenvalue weighted by atomic mass is 10.1. The molecule has 0 atom stereocenters. The van der Waals surface area contributed by atoms with Crippen LogP contribution in [0.4, 0.5) is 18.9 Å². The molecule has 0 aliphatic carbocycles. The highest BCUT2D eigenvalue weighted by Gasteiger charge is 2.30. The van der Waals surface area contributed by atoms with E-state index in [1.54, 1.807) is 30.1 Å². The molecule has 0 saturated heterocycles. The predicted octanol–water partition coefficient (Wildman–Crippen LogP) is 6.86. The van der Waals surface area contributed by atoms with Crippen LogP contribution in [0.3, 0.4) is 0 Å². The highest BCUT2D eigenvalue weighted by atomic mass is 35.5. The summed E-state index contributed by atoms with van der Waals surface area (Å²) in [5.74, 6) is 0.311. The minimum Gasteiger partial charge on any atom is -0.488 e. The van der Waals surface area contributed by atoms with E-state index in [2.05, 4.69) is 10.3 Å². The molecule has 36 heavy (non-hydrogen) atoms. The lowest BCUT2D eigenvalue weighted by Crippen LogP contribution is -2.33. The molecule has 192 valence electrons. The molecule has 1 aromatic heterocycles. The van der Waals surface area contributed by atoms with E-state index >= 15 is 0 Å². The van der Waals surface area contributed by atoms with E-state index in [4.69, 9.17) is 16.3 Å². The maximum absolute atomic E-state index is 13.5. The summed E-state index contributed by atoms with van der Waals surface area (Å²) in [5.41, 5.74) is 0.882. The van der Waals surface area contributed by atoms with E-state index in [9.17, 15) is 18.0 Å². The Kier molecular flexibility index (Phi) is 8.51. The van der Waals surface area contributed by atoms with E-state index in [-0.39, 0.29) is 41.9 Å². The Morgan fingerprint density at radius 2 is 1.72 bits per heavy atom. The highest BCUT2D eigenvalue weighted by Crippen LogP contribution is 2.30. The van der Waals surface area contributed by atoms with Crippen molar-refractivity contribution in [2.45, 2.75) is 45.5 Å². The number of carbonyl (C=O) groups is 1. The smallest absolute Gasteiger partial charge is 0.416 e. The summed E-state index contributed by atoms with van der Waals surface area (Å²) >= 11 is 6.06. The van der Waals surface area contributed by atoms with Crippen LogP contribution in [-0.2, 0) is 19.1 Å². The van der Waals surface area contributed by atoms with Crippen molar-refractivity contribution < 1.29 is 22.7 Å². The molecule has 5 nitrogen and oxygen atoms in total. The molecule has 0 radical (unpaired) electrons. The summed E-state index contributed by atoms with van der Waals surface area (Å²) in [4.78, 5) is 19.3. The van der Waals surface area contributed by atoms with Gasteiger partial charge in [0.2, 0.25) is 0 Å². The van der Waals surface area contributed by atoms with Gasteiger partial charge in [-0.3, -0.25) is 4.79 Å². The van der Waals surface area contributed by atoms with Gasteiger partial charge < -0.3 is 15.0 Å². The Balaban J connectivity index is 1.87. The second-order valence-corrected chi connectivity index (χ2v) is 9.70. The third-order valence-electron chi connectivity index (χ3n) is 5.27. The molecule has 9 heteroatoms. The van der Waals surface area contributed by atoms with Gasteiger partial charge in [0.05, 0.1) is 11.3 Å². The molecule has 0 unspecified atom stereocenters. The summed E-state index contributed by atoms with van der Waals surface area (Å²) in [5, 5.41) is 3.10. The van der Waals surface area contributed by atoms with Crippen LogP contribution in [0.2, 0.25) is 5.15 Å². The maximum Gasteiger partial charge on any atom is 0.416 e. The maximum atomic E-state index is 13.5. The first-order valence-electron chi connectivity index (χ1n) is 11.4. The van der Waals surface area contributed by atoms with E-state index in [1.165, 1.54) is 6.07 Å². The number of aromatic nitrogens is 1. The Morgan fingerprint density at radius 1 is 1.03 bits per heavy atom. The first-order valence-corrected chi connectivity index (χ1v) is 11.8. The normalized spacial score (nSPS) is 11.8. The number of anilines is 1. The van der Waals surface area contributed by atoms with Crippen molar-refractivity contribution in [2.75, 3.05) is 18.9 Å². The lowest BCUT2D eigenvalue weighted by molar-refractivity contribution is -0.137. The number of ether oxygens (including phenoxy) is 1. The molecule has 0 aliphatic rings. The van der Waals surface area contributed by atoms with Gasteiger partial charge in [0, 0.05) is 20.1 Å². The molecule has 0 spiro atoms. The molecule has 0 saturated carbocycles. The number of hydrogen-bond donors (Lipinski definition) is 1. The van der Waals surface area contributed by atoms with E-state index in [0.29, 0.717) is 17.0 Å². The highest BCUT2D eigenvalue weighted by molar-refractivity contribution is 6.29. The monoisotopic (exact) mass is 519 g/mol. The third kappa shape index (κ3) is 7.62. The fraction of sp³-hybridized carbons (Fsp3) is 0.333. The molecular weight excluding hydrogens is 491 g/mol. The van der Waals surface area contributed by atoms with Crippen molar-refractivity contribution in [2.24, 2.45) is 0 Å². The van der Waals surface area contributed by atoms with Crippen LogP contribution in [0.15, 0.2) is 60.7 Å². The average molecular weight is 520 g/mol. The third-order valence-corrected chi connectivity index (χ3v) is 5.48. The molecule has 3 aromatic rings. The van der Waals surface area contributed by atoms with Gasteiger partial charge in [-0.05, 0) is 68.7 Å². The summed E-state index contributed by atoms with van der Waals surface area (Å²) in [6, 6.07) is 15.7. The number of nitrogens with one attached hydrogen (secondary N) is 1. The molecule has 0 bridgehead atoms. The minimum absolute atomic E-state index is 0.140. The van der Waals surface area contributed by atoms with Crippen molar-refractivity contribution in [3.05, 3.63) is 88.2 Å². The number of rotatable bonds is 8. The molecule has 0 fully saturated rings. The topological polar surface area (TPSA) is 54.5 Å². The van der Waals surface area contributed by atoms with Crippen LogP contribution >= 0.6 is 11.6 Å². The molecule has 3 rings (SSSR count). The molecular formula is C27H29ClF3N3O2. The predicted molar refractivity (Wildman–Crippen MR) is 136 cm³/mol. The van der Waals surface area contributed by atoms with Crippen LogP contribution in [-0.4, -0.2) is 35.0 Å². The van der Waals surface area contributed by atoms with Gasteiger partial charge in [-0.1, -0.05) is 41.9 Å². The zero-order valence-electron chi connectivity index (χ0n) is 20.6. The zero-order chi connectivity index (χ0) is 26.5. The molecule has 1 N–H and O–H groups in total. The SMILES string of the molecule is CNc1ccc(Cl)nc1C(=O)N(CCc1cccc(C(F)(F)F)c1)Cc1ccc(OC(C)(C)C)cc1. The van der Waals surface area contributed by atoms with Crippen molar-refractivity contribution >= 4 is 23.2 Å². The van der Waals surface area contributed by atoms with E-state index < -0.39 is 11.7 Å². The summed E-state index contributed by atoms with van der Waals surface area (Å²) in [7, 11) is 1.67. The summed E-state index contributed by atoms with van der Waals surface area (Å²) in [6.07, 6.45) is -4.20. The Morgan fingerprint density at radius 3 is 2.33 bits per heavy atom. The first-order chi connectivity index (χ1) is 16.9. The van der Waals surface area contributed by atoms with Gasteiger partial charge in [0.1, 0.15) is 16.5 Å². The standard InChI is InChI=1S/C27H29ClF3N3O2/c1-26(2,3)36-21-10-8-19(9-11-21)17-34(25(35)24-22(32-4)12-13-23(28)33-24)15-14-18-6-5-7-20(16-18)27(29,30)31/h5-13,16,32H,14-15,17H2,1-4H3. The molecule has 1 heterocycles. The molecule has 1 amide bonds. The van der Waals surface area contributed by atoms with Gasteiger partial charge >= 0.3 is 6.18 Å². The van der Waals surface area contributed by atoms with Gasteiger partial charge in [0.15, 0.2) is 5.69 Å². The molecule has 2 aromatic carbocycles. The van der Waals surface area contributed by atoms with Gasteiger partial charge in [-0.25, -0.2) is 4.98 Å². The number of amides is 1. The number of pyridine rings is 1. The molecule has 0 aliphatic heterocycles.